The van der Waals surface area contributed by atoms with E-state index in [1.165, 1.54) is 24.2 Å². The maximum absolute atomic E-state index is 14.0. The van der Waals surface area contributed by atoms with Gasteiger partial charge in [0, 0.05) is 31.5 Å². The second-order valence-electron chi connectivity index (χ2n) is 8.22. The molecule has 0 aliphatic carbocycles. The lowest BCUT2D eigenvalue weighted by atomic mass is 10.0. The van der Waals surface area contributed by atoms with Crippen LogP contribution in [0.4, 0.5) is 13.2 Å². The van der Waals surface area contributed by atoms with Crippen LogP contribution >= 0.6 is 11.6 Å². The molecule has 1 saturated heterocycles. The van der Waals surface area contributed by atoms with Gasteiger partial charge in [0.05, 0.1) is 22.8 Å². The third kappa shape index (κ3) is 4.18. The minimum absolute atomic E-state index is 0.0256. The smallest absolute Gasteiger partial charge is 0.372 e. The number of halogens is 4. The predicted molar refractivity (Wildman–Crippen MR) is 107 cm³/mol. The van der Waals surface area contributed by atoms with E-state index in [2.05, 4.69) is 9.97 Å². The van der Waals surface area contributed by atoms with E-state index in [9.17, 15) is 18.0 Å². The molecule has 0 spiro atoms. The van der Waals surface area contributed by atoms with Crippen molar-refractivity contribution in [2.75, 3.05) is 19.7 Å². The van der Waals surface area contributed by atoms with E-state index < -0.39 is 29.4 Å². The molecule has 164 valence electrons. The lowest BCUT2D eigenvalue weighted by Crippen LogP contribution is -2.51. The second-order valence-corrected chi connectivity index (χ2v) is 8.65. The first-order chi connectivity index (χ1) is 13.8. The molecular formula is C20H24ClF3N4O2. The minimum atomic E-state index is -4.65. The van der Waals surface area contributed by atoms with E-state index in [0.29, 0.717) is 6.61 Å². The molecule has 1 aliphatic heterocycles. The van der Waals surface area contributed by atoms with Crippen LogP contribution in [0.3, 0.4) is 0 Å². The monoisotopic (exact) mass is 444 g/mol. The summed E-state index contributed by atoms with van der Waals surface area (Å²) < 4.78 is 48.8. The van der Waals surface area contributed by atoms with Crippen molar-refractivity contribution < 1.29 is 22.7 Å². The molecule has 0 aromatic carbocycles. The zero-order chi connectivity index (χ0) is 22.4. The van der Waals surface area contributed by atoms with Gasteiger partial charge in [0.15, 0.2) is 5.82 Å². The standard InChI is InChI=1S/C20H24ClF3N4O2/c1-11(2)28-15(18(29)27-6-7-30-19(4,5)10-27)14(12(3)16(28)20(22,23)24)17-25-8-13(21)9-26-17/h8-9,11H,6-7,10H2,1-5H3. The number of hydrogen-bond acceptors (Lipinski definition) is 4. The lowest BCUT2D eigenvalue weighted by Gasteiger charge is -2.38. The Morgan fingerprint density at radius 3 is 2.37 bits per heavy atom. The Kier molecular flexibility index (Phi) is 5.90. The van der Waals surface area contributed by atoms with Gasteiger partial charge in [-0.1, -0.05) is 11.6 Å². The maximum Gasteiger partial charge on any atom is 0.431 e. The average molecular weight is 445 g/mol. The number of hydrogen-bond donors (Lipinski definition) is 0. The van der Waals surface area contributed by atoms with E-state index in [-0.39, 0.29) is 40.8 Å². The number of ether oxygens (including phenoxy) is 1. The molecule has 6 nitrogen and oxygen atoms in total. The summed E-state index contributed by atoms with van der Waals surface area (Å²) in [6.07, 6.45) is -2.05. The second kappa shape index (κ2) is 7.85. The molecule has 0 unspecified atom stereocenters. The molecule has 2 aromatic heterocycles. The Labute approximate surface area is 178 Å². The first-order valence-electron chi connectivity index (χ1n) is 9.56. The van der Waals surface area contributed by atoms with Gasteiger partial charge in [-0.2, -0.15) is 13.2 Å². The van der Waals surface area contributed by atoms with Gasteiger partial charge in [-0.3, -0.25) is 4.79 Å². The maximum atomic E-state index is 14.0. The highest BCUT2D eigenvalue weighted by atomic mass is 35.5. The van der Waals surface area contributed by atoms with Crippen molar-refractivity contribution in [2.45, 2.75) is 52.4 Å². The van der Waals surface area contributed by atoms with E-state index >= 15 is 0 Å². The van der Waals surface area contributed by atoms with Crippen molar-refractivity contribution in [3.05, 3.63) is 34.4 Å². The van der Waals surface area contributed by atoms with E-state index in [0.717, 1.165) is 4.57 Å². The summed E-state index contributed by atoms with van der Waals surface area (Å²) in [6, 6.07) is -0.616. The summed E-state index contributed by atoms with van der Waals surface area (Å²) >= 11 is 5.85. The van der Waals surface area contributed by atoms with Crippen LogP contribution in [0.25, 0.3) is 11.4 Å². The number of rotatable bonds is 3. The van der Waals surface area contributed by atoms with Gasteiger partial charge in [0.1, 0.15) is 11.4 Å². The SMILES string of the molecule is Cc1c(-c2ncc(Cl)cn2)c(C(=O)N2CCOC(C)(C)C2)n(C(C)C)c1C(F)(F)F. The van der Waals surface area contributed by atoms with Crippen LogP contribution in [-0.2, 0) is 10.9 Å². The Morgan fingerprint density at radius 2 is 1.87 bits per heavy atom. The summed E-state index contributed by atoms with van der Waals surface area (Å²) in [4.78, 5) is 23.3. The summed E-state index contributed by atoms with van der Waals surface area (Å²) in [5, 5.41) is 0.249. The van der Waals surface area contributed by atoms with Crippen LogP contribution in [0.2, 0.25) is 5.02 Å². The fourth-order valence-corrected chi connectivity index (χ4v) is 3.94. The zero-order valence-corrected chi connectivity index (χ0v) is 18.2. The summed E-state index contributed by atoms with van der Waals surface area (Å²) in [5.41, 5.74) is -1.56. The minimum Gasteiger partial charge on any atom is -0.372 e. The number of carbonyl (C=O) groups excluding carboxylic acids is 1. The number of aromatic nitrogens is 3. The largest absolute Gasteiger partial charge is 0.431 e. The summed E-state index contributed by atoms with van der Waals surface area (Å²) in [5.74, 6) is -0.482. The van der Waals surface area contributed by atoms with Gasteiger partial charge in [-0.05, 0) is 40.2 Å². The molecule has 0 saturated carbocycles. The highest BCUT2D eigenvalue weighted by Gasteiger charge is 2.43. The van der Waals surface area contributed by atoms with Gasteiger partial charge < -0.3 is 14.2 Å². The van der Waals surface area contributed by atoms with Gasteiger partial charge in [0.25, 0.3) is 5.91 Å². The third-order valence-electron chi connectivity index (χ3n) is 4.99. The van der Waals surface area contributed by atoms with Crippen LogP contribution < -0.4 is 0 Å². The third-order valence-corrected chi connectivity index (χ3v) is 5.19. The van der Waals surface area contributed by atoms with Gasteiger partial charge >= 0.3 is 6.18 Å². The average Bonchev–Trinajstić information content (AvgIpc) is 2.94. The molecule has 1 fully saturated rings. The fraction of sp³-hybridized carbons (Fsp3) is 0.550. The summed E-state index contributed by atoms with van der Waals surface area (Å²) in [7, 11) is 0. The van der Waals surface area contributed by atoms with Crippen LogP contribution in [0.5, 0.6) is 0 Å². The molecule has 2 aromatic rings. The predicted octanol–water partition coefficient (Wildman–Crippen LogP) is 4.76. The number of morpholine rings is 1. The highest BCUT2D eigenvalue weighted by Crippen LogP contribution is 2.42. The Hall–Kier alpha value is -2.13. The van der Waals surface area contributed by atoms with Gasteiger partial charge in [-0.25, -0.2) is 9.97 Å². The number of nitrogens with zero attached hydrogens (tertiary/aromatic N) is 4. The normalized spacial score (nSPS) is 16.9. The Morgan fingerprint density at radius 1 is 1.27 bits per heavy atom. The van der Waals surface area contributed by atoms with Crippen LogP contribution in [-0.4, -0.2) is 50.6 Å². The molecule has 0 radical (unpaired) electrons. The number of alkyl halides is 3. The molecule has 3 rings (SSSR count). The van der Waals surface area contributed by atoms with E-state index in [1.54, 1.807) is 13.8 Å². The molecule has 1 amide bonds. The molecule has 0 atom stereocenters. The number of amides is 1. The highest BCUT2D eigenvalue weighted by molar-refractivity contribution is 6.30. The fourth-order valence-electron chi connectivity index (χ4n) is 3.84. The Bertz CT molecular complexity index is 952. The van der Waals surface area contributed by atoms with Crippen LogP contribution in [0.15, 0.2) is 12.4 Å². The molecule has 1 aliphatic rings. The number of carbonyl (C=O) groups is 1. The molecule has 3 heterocycles. The first-order valence-corrected chi connectivity index (χ1v) is 9.94. The van der Waals surface area contributed by atoms with Crippen molar-refractivity contribution in [1.29, 1.82) is 0 Å². The topological polar surface area (TPSA) is 60.3 Å². The molecule has 0 N–H and O–H groups in total. The lowest BCUT2D eigenvalue weighted by molar-refractivity contribution is -0.144. The molecule has 0 bridgehead atoms. The van der Waals surface area contributed by atoms with Gasteiger partial charge in [0.2, 0.25) is 0 Å². The van der Waals surface area contributed by atoms with E-state index in [4.69, 9.17) is 16.3 Å². The van der Waals surface area contributed by atoms with Crippen molar-refractivity contribution in [1.82, 2.24) is 19.4 Å². The van der Waals surface area contributed by atoms with Crippen LogP contribution in [0.1, 0.15) is 55.5 Å². The van der Waals surface area contributed by atoms with Crippen LogP contribution in [0, 0.1) is 6.92 Å². The Balaban J connectivity index is 2.28. The molecule has 10 heteroatoms. The van der Waals surface area contributed by atoms with Gasteiger partial charge in [-0.15, -0.1) is 0 Å². The molecular weight excluding hydrogens is 421 g/mol. The summed E-state index contributed by atoms with van der Waals surface area (Å²) in [6.45, 7) is 9.09. The van der Waals surface area contributed by atoms with Crippen molar-refractivity contribution in [3.8, 4) is 11.4 Å². The van der Waals surface area contributed by atoms with Crippen molar-refractivity contribution in [2.24, 2.45) is 0 Å². The van der Waals surface area contributed by atoms with Crippen molar-refractivity contribution >= 4 is 17.5 Å². The zero-order valence-electron chi connectivity index (χ0n) is 17.5. The van der Waals surface area contributed by atoms with E-state index in [1.807, 2.05) is 13.8 Å². The quantitative estimate of drug-likeness (QED) is 0.685. The molecule has 30 heavy (non-hydrogen) atoms. The first kappa shape index (κ1) is 22.6. The van der Waals surface area contributed by atoms with Crippen molar-refractivity contribution in [3.63, 3.8) is 0 Å².